The van der Waals surface area contributed by atoms with Gasteiger partial charge in [0.2, 0.25) is 0 Å². The number of anilines is 1. The number of carbonyl (C=O) groups is 2. The highest BCUT2D eigenvalue weighted by Gasteiger charge is 2.41. The van der Waals surface area contributed by atoms with E-state index in [1.165, 1.54) is 18.2 Å². The smallest absolute Gasteiger partial charge is 0.309 e. The number of likely N-dealkylation sites (tertiary alicyclic amines) is 1. The molecule has 0 radical (unpaired) electrons. The molecule has 0 spiro atoms. The fraction of sp³-hybridized carbons (Fsp3) is 0.529. The number of carbonyl (C=O) groups excluding carboxylic acids is 1. The Labute approximate surface area is 149 Å². The molecule has 1 amide bonds. The van der Waals surface area contributed by atoms with Crippen LogP contribution in [0.25, 0.3) is 0 Å². The minimum atomic E-state index is -0.838. The molecule has 1 aromatic carbocycles. The number of carboxylic acid groups (broad SMARTS) is 1. The Hall–Kier alpha value is -2.68. The number of para-hydroxylation sites is 1. The predicted molar refractivity (Wildman–Crippen MR) is 91.6 cm³/mol. The fourth-order valence-electron chi connectivity index (χ4n) is 3.84. The molecule has 1 aromatic rings. The number of nitro benzene ring substituents is 1. The lowest BCUT2D eigenvalue weighted by Crippen LogP contribution is -2.43. The summed E-state index contributed by atoms with van der Waals surface area (Å²) in [7, 11) is 0. The molecule has 2 fully saturated rings. The monoisotopic (exact) mass is 363 g/mol. The second-order valence-electron chi connectivity index (χ2n) is 6.69. The standard InChI is InChI=1S/C17H21N3O6/c18-14-11(2-1-3-13(14)20(24)25)16(21)19-7-4-10(5-8-19)15-12(17(22)23)6-9-26-15/h1-3,10,12,15H,4-9,18H2,(H,22,23)/t12?,15-/m0/s1. The van der Waals surface area contributed by atoms with Gasteiger partial charge in [0, 0.05) is 25.8 Å². The van der Waals surface area contributed by atoms with E-state index in [9.17, 15) is 24.8 Å². The van der Waals surface area contributed by atoms with E-state index < -0.39 is 16.8 Å². The number of piperidine rings is 1. The van der Waals surface area contributed by atoms with Gasteiger partial charge in [0.1, 0.15) is 5.69 Å². The van der Waals surface area contributed by atoms with Crippen molar-refractivity contribution >= 4 is 23.3 Å². The highest BCUT2D eigenvalue weighted by Crippen LogP contribution is 2.34. The van der Waals surface area contributed by atoms with E-state index in [4.69, 9.17) is 10.5 Å². The van der Waals surface area contributed by atoms with Crippen molar-refractivity contribution in [3.05, 3.63) is 33.9 Å². The van der Waals surface area contributed by atoms with Gasteiger partial charge in [-0.15, -0.1) is 0 Å². The van der Waals surface area contributed by atoms with E-state index >= 15 is 0 Å². The van der Waals surface area contributed by atoms with E-state index in [2.05, 4.69) is 0 Å². The summed E-state index contributed by atoms with van der Waals surface area (Å²) in [5.74, 6) is -1.58. The van der Waals surface area contributed by atoms with E-state index in [1.54, 1.807) is 4.90 Å². The molecular formula is C17H21N3O6. The molecule has 9 heteroatoms. The molecule has 1 unspecified atom stereocenters. The first-order chi connectivity index (χ1) is 12.4. The highest BCUT2D eigenvalue weighted by atomic mass is 16.6. The first kappa shape index (κ1) is 18.1. The maximum atomic E-state index is 12.7. The molecule has 0 saturated carbocycles. The van der Waals surface area contributed by atoms with Crippen LogP contribution in [0.5, 0.6) is 0 Å². The summed E-state index contributed by atoms with van der Waals surface area (Å²) < 4.78 is 5.63. The average molecular weight is 363 g/mol. The zero-order valence-electron chi connectivity index (χ0n) is 14.2. The molecule has 0 aliphatic carbocycles. The van der Waals surface area contributed by atoms with Crippen molar-refractivity contribution in [2.24, 2.45) is 11.8 Å². The molecule has 2 heterocycles. The Morgan fingerprint density at radius 3 is 2.58 bits per heavy atom. The third-order valence-corrected chi connectivity index (χ3v) is 5.25. The number of carboxylic acids is 1. The number of benzene rings is 1. The van der Waals surface area contributed by atoms with Crippen molar-refractivity contribution in [1.29, 1.82) is 0 Å². The zero-order chi connectivity index (χ0) is 18.8. The van der Waals surface area contributed by atoms with Crippen LogP contribution in [0.15, 0.2) is 18.2 Å². The highest BCUT2D eigenvalue weighted by molar-refractivity contribution is 6.01. The quantitative estimate of drug-likeness (QED) is 0.470. The van der Waals surface area contributed by atoms with Gasteiger partial charge < -0.3 is 20.5 Å². The Bertz CT molecular complexity index is 729. The van der Waals surface area contributed by atoms with Crippen LogP contribution in [-0.2, 0) is 9.53 Å². The normalized spacial score (nSPS) is 23.8. The maximum absolute atomic E-state index is 12.7. The number of nitrogens with two attached hydrogens (primary N) is 1. The minimum Gasteiger partial charge on any atom is -0.481 e. The van der Waals surface area contributed by atoms with Crippen LogP contribution in [0.4, 0.5) is 11.4 Å². The fourth-order valence-corrected chi connectivity index (χ4v) is 3.84. The minimum absolute atomic E-state index is 0.0881. The van der Waals surface area contributed by atoms with E-state index in [0.717, 1.165) is 0 Å². The number of ether oxygens (including phenoxy) is 1. The third-order valence-electron chi connectivity index (χ3n) is 5.25. The number of nitrogens with zero attached hydrogens (tertiary/aromatic N) is 2. The number of hydrogen-bond acceptors (Lipinski definition) is 6. The Morgan fingerprint density at radius 1 is 1.27 bits per heavy atom. The SMILES string of the molecule is Nc1c(C(=O)N2CCC([C@@H]3OCCC3C(=O)O)CC2)cccc1[N+](=O)[O-]. The van der Waals surface area contributed by atoms with E-state index in [0.29, 0.717) is 39.0 Å². The number of nitro groups is 1. The maximum Gasteiger partial charge on any atom is 0.309 e. The topological polar surface area (TPSA) is 136 Å². The molecule has 3 rings (SSSR count). The molecule has 0 aromatic heterocycles. The molecule has 9 nitrogen and oxygen atoms in total. The van der Waals surface area contributed by atoms with Crippen molar-refractivity contribution in [2.75, 3.05) is 25.4 Å². The van der Waals surface area contributed by atoms with Gasteiger partial charge in [0.05, 0.1) is 22.5 Å². The van der Waals surface area contributed by atoms with Gasteiger partial charge in [-0.1, -0.05) is 6.07 Å². The number of aliphatic carboxylic acids is 1. The summed E-state index contributed by atoms with van der Waals surface area (Å²) >= 11 is 0. The van der Waals surface area contributed by atoms with Crippen LogP contribution < -0.4 is 5.73 Å². The number of amides is 1. The molecule has 3 N–H and O–H groups in total. The summed E-state index contributed by atoms with van der Waals surface area (Å²) in [6.45, 7) is 1.33. The van der Waals surface area contributed by atoms with Gasteiger partial charge in [-0.05, 0) is 31.2 Å². The number of rotatable bonds is 4. The van der Waals surface area contributed by atoms with Gasteiger partial charge in [-0.2, -0.15) is 0 Å². The molecule has 0 bridgehead atoms. The van der Waals surface area contributed by atoms with Crippen LogP contribution in [-0.4, -0.2) is 52.6 Å². The molecule has 2 atom stereocenters. The van der Waals surface area contributed by atoms with Crippen molar-refractivity contribution in [2.45, 2.75) is 25.4 Å². The van der Waals surface area contributed by atoms with E-state index in [1.807, 2.05) is 0 Å². The second kappa shape index (κ2) is 7.28. The summed E-state index contributed by atoms with van der Waals surface area (Å²) in [6.07, 6.45) is 1.47. The Morgan fingerprint density at radius 2 is 1.96 bits per heavy atom. The molecule has 2 aliphatic rings. The van der Waals surface area contributed by atoms with E-state index in [-0.39, 0.29) is 34.9 Å². The van der Waals surface area contributed by atoms with Crippen LogP contribution in [0.2, 0.25) is 0 Å². The van der Waals surface area contributed by atoms with Gasteiger partial charge in [0.15, 0.2) is 0 Å². The van der Waals surface area contributed by atoms with Gasteiger partial charge in [-0.25, -0.2) is 0 Å². The molecule has 140 valence electrons. The Kier molecular flexibility index (Phi) is 5.08. The van der Waals surface area contributed by atoms with Crippen molar-refractivity contribution < 1.29 is 24.4 Å². The summed E-state index contributed by atoms with van der Waals surface area (Å²) in [5.41, 5.74) is 5.51. The zero-order valence-corrected chi connectivity index (χ0v) is 14.2. The van der Waals surface area contributed by atoms with Crippen LogP contribution >= 0.6 is 0 Å². The molecule has 2 saturated heterocycles. The molecule has 26 heavy (non-hydrogen) atoms. The van der Waals surface area contributed by atoms with Crippen molar-refractivity contribution in [1.82, 2.24) is 4.90 Å². The van der Waals surface area contributed by atoms with Crippen LogP contribution in [0, 0.1) is 22.0 Å². The molecule has 2 aliphatic heterocycles. The first-order valence-corrected chi connectivity index (χ1v) is 8.56. The average Bonchev–Trinajstić information content (AvgIpc) is 3.11. The van der Waals surface area contributed by atoms with Crippen LogP contribution in [0.3, 0.4) is 0 Å². The van der Waals surface area contributed by atoms with Crippen molar-refractivity contribution in [3.63, 3.8) is 0 Å². The number of nitrogen functional groups attached to an aromatic ring is 1. The Balaban J connectivity index is 1.67. The summed E-state index contributed by atoms with van der Waals surface area (Å²) in [5, 5.41) is 20.3. The van der Waals surface area contributed by atoms with Gasteiger partial charge in [-0.3, -0.25) is 19.7 Å². The lowest BCUT2D eigenvalue weighted by Gasteiger charge is -2.35. The van der Waals surface area contributed by atoms with Gasteiger partial charge >= 0.3 is 5.97 Å². The predicted octanol–water partition coefficient (Wildman–Crippen LogP) is 1.52. The molecular weight excluding hydrogens is 342 g/mol. The second-order valence-corrected chi connectivity index (χ2v) is 6.69. The van der Waals surface area contributed by atoms with Crippen molar-refractivity contribution in [3.8, 4) is 0 Å². The summed E-state index contributed by atoms with van der Waals surface area (Å²) in [4.78, 5) is 36.0. The third kappa shape index (κ3) is 3.34. The number of hydrogen-bond donors (Lipinski definition) is 2. The van der Waals surface area contributed by atoms with Crippen LogP contribution in [0.1, 0.15) is 29.6 Å². The lowest BCUT2D eigenvalue weighted by molar-refractivity contribution is -0.383. The lowest BCUT2D eigenvalue weighted by atomic mass is 9.84. The summed E-state index contributed by atoms with van der Waals surface area (Å²) in [6, 6.07) is 4.19. The first-order valence-electron chi connectivity index (χ1n) is 8.56. The largest absolute Gasteiger partial charge is 0.481 e. The van der Waals surface area contributed by atoms with Gasteiger partial charge in [0.25, 0.3) is 11.6 Å².